The van der Waals surface area contributed by atoms with E-state index in [4.69, 9.17) is 15.2 Å². The molecule has 118 valence electrons. The van der Waals surface area contributed by atoms with E-state index in [-0.39, 0.29) is 25.6 Å². The van der Waals surface area contributed by atoms with Gasteiger partial charge in [-0.05, 0) is 24.8 Å². The van der Waals surface area contributed by atoms with Crippen LogP contribution < -0.4 is 5.73 Å². The van der Waals surface area contributed by atoms with Crippen molar-refractivity contribution in [1.82, 2.24) is 0 Å². The predicted octanol–water partition coefficient (Wildman–Crippen LogP) is 2.85. The van der Waals surface area contributed by atoms with Crippen molar-refractivity contribution in [3.05, 3.63) is 48.6 Å². The number of carbonyl (C=O) groups excluding carboxylic acids is 1. The molecule has 0 unspecified atom stereocenters. The topological polar surface area (TPSA) is 61.5 Å². The van der Waals surface area contributed by atoms with Crippen LogP contribution in [0.5, 0.6) is 0 Å². The van der Waals surface area contributed by atoms with Gasteiger partial charge < -0.3 is 15.2 Å². The Morgan fingerprint density at radius 3 is 2.67 bits per heavy atom. The molecule has 1 rings (SSSR count). The molecule has 0 radical (unpaired) electrons. The van der Waals surface area contributed by atoms with Crippen LogP contribution in [0.15, 0.2) is 43.0 Å². The molecule has 0 heterocycles. The Labute approximate surface area is 132 Å². The third-order valence-electron chi connectivity index (χ3n) is 2.77. The second-order valence-electron chi connectivity index (χ2n) is 4.56. The molecule has 0 amide bonds. The molecular formula is C16H24ClNO3. The zero-order valence-electron chi connectivity index (χ0n) is 12.2. The summed E-state index contributed by atoms with van der Waals surface area (Å²) in [6.07, 6.45) is 4.84. The molecule has 0 aliphatic carbocycles. The van der Waals surface area contributed by atoms with E-state index in [0.29, 0.717) is 6.61 Å². The highest BCUT2D eigenvalue weighted by Crippen LogP contribution is 2.02. The van der Waals surface area contributed by atoms with Gasteiger partial charge in [0.1, 0.15) is 12.6 Å². The van der Waals surface area contributed by atoms with Crippen LogP contribution in [-0.2, 0) is 20.9 Å². The number of allylic oxidation sites excluding steroid dienone is 1. The van der Waals surface area contributed by atoms with Gasteiger partial charge in [0, 0.05) is 6.61 Å². The Morgan fingerprint density at radius 2 is 2.00 bits per heavy atom. The summed E-state index contributed by atoms with van der Waals surface area (Å²) in [5, 5.41) is 0. The minimum absolute atomic E-state index is 0. The summed E-state index contributed by atoms with van der Waals surface area (Å²) in [4.78, 5) is 11.6. The number of unbranched alkanes of at least 4 members (excludes halogenated alkanes) is 2. The van der Waals surface area contributed by atoms with Gasteiger partial charge in [0.05, 0.1) is 6.61 Å². The van der Waals surface area contributed by atoms with Crippen molar-refractivity contribution in [1.29, 1.82) is 0 Å². The second-order valence-corrected chi connectivity index (χ2v) is 4.56. The molecule has 1 aromatic rings. The Morgan fingerprint density at radius 1 is 1.29 bits per heavy atom. The van der Waals surface area contributed by atoms with Crippen LogP contribution in [0.25, 0.3) is 0 Å². The molecule has 0 saturated carbocycles. The zero-order valence-corrected chi connectivity index (χ0v) is 13.0. The predicted molar refractivity (Wildman–Crippen MR) is 86.3 cm³/mol. The third-order valence-corrected chi connectivity index (χ3v) is 2.77. The van der Waals surface area contributed by atoms with Crippen LogP contribution in [0, 0.1) is 0 Å². The fourth-order valence-corrected chi connectivity index (χ4v) is 1.61. The van der Waals surface area contributed by atoms with E-state index in [1.807, 2.05) is 36.4 Å². The molecule has 4 nitrogen and oxygen atoms in total. The number of hydrogen-bond acceptors (Lipinski definition) is 4. The van der Waals surface area contributed by atoms with E-state index >= 15 is 0 Å². The van der Waals surface area contributed by atoms with E-state index < -0.39 is 12.0 Å². The molecule has 21 heavy (non-hydrogen) atoms. The monoisotopic (exact) mass is 313 g/mol. The first-order valence-corrected chi connectivity index (χ1v) is 6.89. The minimum atomic E-state index is -0.724. The first kappa shape index (κ1) is 19.6. The number of esters is 1. The van der Waals surface area contributed by atoms with E-state index in [2.05, 4.69) is 6.58 Å². The fraction of sp³-hybridized carbons (Fsp3) is 0.438. The molecule has 0 aliphatic rings. The molecule has 0 aliphatic heterocycles. The number of ether oxygens (including phenoxy) is 2. The smallest absolute Gasteiger partial charge is 0.325 e. The lowest BCUT2D eigenvalue weighted by Crippen LogP contribution is -2.36. The zero-order chi connectivity index (χ0) is 14.6. The lowest BCUT2D eigenvalue weighted by atomic mass is 10.2. The number of halogens is 1. The molecule has 0 saturated heterocycles. The van der Waals surface area contributed by atoms with Gasteiger partial charge in [-0.15, -0.1) is 19.0 Å². The lowest BCUT2D eigenvalue weighted by Gasteiger charge is -2.12. The van der Waals surface area contributed by atoms with E-state index in [9.17, 15) is 4.79 Å². The highest BCUT2D eigenvalue weighted by atomic mass is 35.5. The van der Waals surface area contributed by atoms with Gasteiger partial charge in [-0.2, -0.15) is 0 Å². The highest BCUT2D eigenvalue weighted by Gasteiger charge is 2.15. The summed E-state index contributed by atoms with van der Waals surface area (Å²) in [6, 6.07) is 8.78. The van der Waals surface area contributed by atoms with Crippen molar-refractivity contribution < 1.29 is 14.3 Å². The Hall–Kier alpha value is -1.36. The Balaban J connectivity index is 0.00000400. The highest BCUT2D eigenvalue weighted by molar-refractivity contribution is 5.85. The second kappa shape index (κ2) is 12.4. The molecule has 0 fully saturated rings. The minimum Gasteiger partial charge on any atom is -0.460 e. The van der Waals surface area contributed by atoms with Crippen molar-refractivity contribution >= 4 is 18.4 Å². The van der Waals surface area contributed by atoms with Crippen molar-refractivity contribution in [2.24, 2.45) is 5.73 Å². The Kier molecular flexibility index (Phi) is 11.6. The van der Waals surface area contributed by atoms with Gasteiger partial charge in [0.15, 0.2) is 0 Å². The molecule has 1 aromatic carbocycles. The molecular weight excluding hydrogens is 290 g/mol. The van der Waals surface area contributed by atoms with Gasteiger partial charge in [0.25, 0.3) is 0 Å². The maximum atomic E-state index is 11.6. The van der Waals surface area contributed by atoms with Crippen molar-refractivity contribution in [2.75, 3.05) is 13.2 Å². The average Bonchev–Trinajstić information content (AvgIpc) is 2.49. The quantitative estimate of drug-likeness (QED) is 0.410. The van der Waals surface area contributed by atoms with Crippen LogP contribution >= 0.6 is 12.4 Å². The van der Waals surface area contributed by atoms with E-state index in [1.165, 1.54) is 0 Å². The normalized spacial score (nSPS) is 11.3. The number of nitrogens with two attached hydrogens (primary N) is 1. The van der Waals surface area contributed by atoms with E-state index in [1.54, 1.807) is 0 Å². The molecule has 1 atom stereocenters. The van der Waals surface area contributed by atoms with Gasteiger partial charge in [-0.1, -0.05) is 36.4 Å². The molecule has 0 spiro atoms. The number of rotatable bonds is 10. The summed E-state index contributed by atoms with van der Waals surface area (Å²) in [5.41, 5.74) is 6.65. The summed E-state index contributed by atoms with van der Waals surface area (Å²) in [7, 11) is 0. The Bertz CT molecular complexity index is 398. The molecule has 0 bridgehead atoms. The SMILES string of the molecule is C=CCCCCOC[C@H](N)C(=O)OCc1ccccc1.Cl. The van der Waals surface area contributed by atoms with Crippen molar-refractivity contribution in [3.8, 4) is 0 Å². The largest absolute Gasteiger partial charge is 0.460 e. The standard InChI is InChI=1S/C16H23NO3.ClH/c1-2-3-4-8-11-19-13-15(17)16(18)20-12-14-9-6-5-7-10-14;/h2,5-7,9-10,15H,1,3-4,8,11-13,17H2;1H/t15-;/m0./s1. The van der Waals surface area contributed by atoms with Crippen LogP contribution in [0.1, 0.15) is 24.8 Å². The van der Waals surface area contributed by atoms with Crippen LogP contribution in [-0.4, -0.2) is 25.2 Å². The van der Waals surface area contributed by atoms with Crippen molar-refractivity contribution in [2.45, 2.75) is 31.9 Å². The number of hydrogen-bond donors (Lipinski definition) is 1. The van der Waals surface area contributed by atoms with Crippen LogP contribution in [0.4, 0.5) is 0 Å². The maximum Gasteiger partial charge on any atom is 0.325 e. The van der Waals surface area contributed by atoms with Crippen LogP contribution in [0.3, 0.4) is 0 Å². The average molecular weight is 314 g/mol. The van der Waals surface area contributed by atoms with Gasteiger partial charge in [-0.3, -0.25) is 4.79 Å². The van der Waals surface area contributed by atoms with Crippen LogP contribution in [0.2, 0.25) is 0 Å². The first-order valence-electron chi connectivity index (χ1n) is 6.89. The summed E-state index contributed by atoms with van der Waals surface area (Å²) in [5.74, 6) is -0.431. The van der Waals surface area contributed by atoms with Crippen molar-refractivity contribution in [3.63, 3.8) is 0 Å². The summed E-state index contributed by atoms with van der Waals surface area (Å²) in [6.45, 7) is 4.70. The number of benzene rings is 1. The van der Waals surface area contributed by atoms with Gasteiger partial charge in [-0.25, -0.2) is 0 Å². The summed E-state index contributed by atoms with van der Waals surface area (Å²) < 4.78 is 10.5. The van der Waals surface area contributed by atoms with Gasteiger partial charge in [0.2, 0.25) is 0 Å². The first-order chi connectivity index (χ1) is 9.74. The number of carbonyl (C=O) groups is 1. The molecule has 0 aromatic heterocycles. The summed E-state index contributed by atoms with van der Waals surface area (Å²) >= 11 is 0. The fourth-order valence-electron chi connectivity index (χ4n) is 1.61. The van der Waals surface area contributed by atoms with Gasteiger partial charge >= 0.3 is 5.97 Å². The molecule has 5 heteroatoms. The lowest BCUT2D eigenvalue weighted by molar-refractivity contribution is -0.148. The third kappa shape index (κ3) is 9.24. The van der Waals surface area contributed by atoms with E-state index in [0.717, 1.165) is 24.8 Å². The molecule has 2 N–H and O–H groups in total. The maximum absolute atomic E-state index is 11.6.